The summed E-state index contributed by atoms with van der Waals surface area (Å²) < 4.78 is 0. The van der Waals surface area contributed by atoms with Gasteiger partial charge >= 0.3 is 5.97 Å². The van der Waals surface area contributed by atoms with Gasteiger partial charge in [0.2, 0.25) is 5.91 Å². The quantitative estimate of drug-likeness (QED) is 0.816. The van der Waals surface area contributed by atoms with Crippen molar-refractivity contribution in [3.05, 3.63) is 69.7 Å². The molecule has 1 amide bonds. The minimum absolute atomic E-state index is 0.0172. The normalized spacial score (nSPS) is 10.6. The molecule has 0 aromatic heterocycles. The van der Waals surface area contributed by atoms with Crippen molar-refractivity contribution < 1.29 is 14.7 Å². The fraction of sp³-hybridized carbons (Fsp3) is 0. The van der Waals surface area contributed by atoms with E-state index in [0.29, 0.717) is 10.7 Å². The maximum atomic E-state index is 11.8. The van der Waals surface area contributed by atoms with E-state index in [0.717, 1.165) is 5.56 Å². The molecule has 112 valence electrons. The Balaban J connectivity index is 2.04. The van der Waals surface area contributed by atoms with Crippen LogP contribution in [0.3, 0.4) is 0 Å². The molecule has 0 aliphatic heterocycles. The summed E-state index contributed by atoms with van der Waals surface area (Å²) in [6.45, 7) is 0. The predicted octanol–water partition coefficient (Wildman–Crippen LogP) is 4.34. The maximum Gasteiger partial charge on any atom is 0.337 e. The number of nitrogens with one attached hydrogen (secondary N) is 1. The van der Waals surface area contributed by atoms with E-state index in [4.69, 9.17) is 28.3 Å². The molecule has 4 nitrogen and oxygen atoms in total. The number of hydrogen-bond donors (Lipinski definition) is 2. The van der Waals surface area contributed by atoms with Gasteiger partial charge < -0.3 is 10.4 Å². The summed E-state index contributed by atoms with van der Waals surface area (Å²) in [7, 11) is 0. The average Bonchev–Trinajstić information content (AvgIpc) is 2.46. The summed E-state index contributed by atoms with van der Waals surface area (Å²) in [5.74, 6) is -1.47. The molecule has 2 rings (SSSR count). The lowest BCUT2D eigenvalue weighted by molar-refractivity contribution is -0.111. The van der Waals surface area contributed by atoms with Gasteiger partial charge in [-0.05, 0) is 42.0 Å². The maximum absolute atomic E-state index is 11.8. The van der Waals surface area contributed by atoms with Crippen LogP contribution in [0.2, 0.25) is 10.0 Å². The van der Waals surface area contributed by atoms with Crippen LogP contribution >= 0.6 is 23.2 Å². The molecule has 0 fully saturated rings. The molecule has 2 aromatic carbocycles. The average molecular weight is 336 g/mol. The van der Waals surface area contributed by atoms with Crippen molar-refractivity contribution in [3.63, 3.8) is 0 Å². The van der Waals surface area contributed by atoms with Gasteiger partial charge in [0.15, 0.2) is 0 Å². The first kappa shape index (κ1) is 16.1. The van der Waals surface area contributed by atoms with Gasteiger partial charge in [0.25, 0.3) is 0 Å². The Hall–Kier alpha value is -2.30. The highest BCUT2D eigenvalue weighted by Gasteiger charge is 2.09. The number of rotatable bonds is 4. The van der Waals surface area contributed by atoms with Crippen molar-refractivity contribution in [2.75, 3.05) is 5.32 Å². The van der Waals surface area contributed by atoms with E-state index in [9.17, 15) is 9.59 Å². The Labute approximate surface area is 137 Å². The Morgan fingerprint density at radius 2 is 1.73 bits per heavy atom. The summed E-state index contributed by atoms with van der Waals surface area (Å²) in [5, 5.41) is 12.2. The second-order valence-electron chi connectivity index (χ2n) is 4.37. The topological polar surface area (TPSA) is 66.4 Å². The lowest BCUT2D eigenvalue weighted by atomic mass is 10.2. The van der Waals surface area contributed by atoms with Crippen molar-refractivity contribution in [1.29, 1.82) is 0 Å². The number of halogens is 2. The predicted molar refractivity (Wildman–Crippen MR) is 87.5 cm³/mol. The Kier molecular flexibility index (Phi) is 5.20. The van der Waals surface area contributed by atoms with Gasteiger partial charge in [0.05, 0.1) is 10.6 Å². The summed E-state index contributed by atoms with van der Waals surface area (Å²) in [6.07, 6.45) is 3.00. The van der Waals surface area contributed by atoms with Crippen LogP contribution in [0.15, 0.2) is 48.5 Å². The lowest BCUT2D eigenvalue weighted by Gasteiger charge is -2.04. The molecule has 0 atom stereocenters. The molecule has 0 aliphatic carbocycles. The van der Waals surface area contributed by atoms with Gasteiger partial charge in [0, 0.05) is 16.8 Å². The second kappa shape index (κ2) is 7.11. The standard InChI is InChI=1S/C16H11Cl2NO3/c17-11-4-1-10(2-5-11)3-8-15(20)19-12-6-7-13(16(21)22)14(18)9-12/h1-9H,(H,19,20)(H,21,22). The number of carboxylic acids is 1. The number of benzene rings is 2. The van der Waals surface area contributed by atoms with Crippen LogP contribution in [-0.4, -0.2) is 17.0 Å². The third-order valence-corrected chi connectivity index (χ3v) is 3.33. The third kappa shape index (κ3) is 4.35. The zero-order valence-electron chi connectivity index (χ0n) is 11.2. The van der Waals surface area contributed by atoms with Crippen molar-refractivity contribution in [2.45, 2.75) is 0 Å². The zero-order chi connectivity index (χ0) is 16.1. The molecular weight excluding hydrogens is 325 g/mol. The summed E-state index contributed by atoms with van der Waals surface area (Å²) in [5.41, 5.74) is 1.23. The number of carbonyl (C=O) groups excluding carboxylic acids is 1. The highest BCUT2D eigenvalue weighted by Crippen LogP contribution is 2.21. The first-order valence-corrected chi connectivity index (χ1v) is 6.99. The van der Waals surface area contributed by atoms with E-state index in [1.807, 2.05) is 0 Å². The molecule has 6 heteroatoms. The molecule has 2 N–H and O–H groups in total. The smallest absolute Gasteiger partial charge is 0.337 e. The van der Waals surface area contributed by atoms with Crippen LogP contribution in [0.5, 0.6) is 0 Å². The van der Waals surface area contributed by atoms with Crippen LogP contribution in [0.25, 0.3) is 6.08 Å². The van der Waals surface area contributed by atoms with E-state index in [2.05, 4.69) is 5.32 Å². The number of carbonyl (C=O) groups is 2. The van der Waals surface area contributed by atoms with Gasteiger partial charge in [-0.15, -0.1) is 0 Å². The Morgan fingerprint density at radius 1 is 1.05 bits per heavy atom. The molecule has 0 saturated carbocycles. The Bertz CT molecular complexity index is 740. The molecule has 0 heterocycles. The van der Waals surface area contributed by atoms with E-state index in [-0.39, 0.29) is 16.5 Å². The van der Waals surface area contributed by atoms with E-state index >= 15 is 0 Å². The SMILES string of the molecule is O=C(C=Cc1ccc(Cl)cc1)Nc1ccc(C(=O)O)c(Cl)c1. The third-order valence-electron chi connectivity index (χ3n) is 2.76. The molecule has 0 radical (unpaired) electrons. The molecule has 0 saturated heterocycles. The number of amides is 1. The minimum atomic E-state index is -1.12. The Morgan fingerprint density at radius 3 is 2.32 bits per heavy atom. The zero-order valence-corrected chi connectivity index (χ0v) is 12.7. The highest BCUT2D eigenvalue weighted by atomic mass is 35.5. The van der Waals surface area contributed by atoms with E-state index in [1.54, 1.807) is 30.3 Å². The number of anilines is 1. The molecule has 0 unspecified atom stereocenters. The molecular formula is C16H11Cl2NO3. The van der Waals surface area contributed by atoms with Crippen LogP contribution in [0.1, 0.15) is 15.9 Å². The lowest BCUT2D eigenvalue weighted by Crippen LogP contribution is -2.08. The fourth-order valence-corrected chi connectivity index (χ4v) is 2.08. The van der Waals surface area contributed by atoms with E-state index in [1.165, 1.54) is 24.3 Å². The van der Waals surface area contributed by atoms with Gasteiger partial charge in [0.1, 0.15) is 0 Å². The van der Waals surface area contributed by atoms with Crippen molar-refractivity contribution in [3.8, 4) is 0 Å². The largest absolute Gasteiger partial charge is 0.478 e. The fourth-order valence-electron chi connectivity index (χ4n) is 1.70. The van der Waals surface area contributed by atoms with Crippen LogP contribution in [0.4, 0.5) is 5.69 Å². The molecule has 0 bridgehead atoms. The molecule has 2 aromatic rings. The van der Waals surface area contributed by atoms with Crippen molar-refractivity contribution in [2.24, 2.45) is 0 Å². The number of aromatic carboxylic acids is 1. The van der Waals surface area contributed by atoms with Crippen molar-refractivity contribution in [1.82, 2.24) is 0 Å². The van der Waals surface area contributed by atoms with Crippen LogP contribution < -0.4 is 5.32 Å². The number of hydrogen-bond acceptors (Lipinski definition) is 2. The van der Waals surface area contributed by atoms with Crippen LogP contribution in [-0.2, 0) is 4.79 Å². The van der Waals surface area contributed by atoms with Gasteiger partial charge in [-0.25, -0.2) is 4.79 Å². The monoisotopic (exact) mass is 335 g/mol. The van der Waals surface area contributed by atoms with Gasteiger partial charge in [-0.2, -0.15) is 0 Å². The summed E-state index contributed by atoms with van der Waals surface area (Å²) in [4.78, 5) is 22.6. The second-order valence-corrected chi connectivity index (χ2v) is 5.22. The first-order valence-electron chi connectivity index (χ1n) is 6.23. The highest BCUT2D eigenvalue weighted by molar-refractivity contribution is 6.33. The summed E-state index contributed by atoms with van der Waals surface area (Å²) >= 11 is 11.6. The minimum Gasteiger partial charge on any atom is -0.478 e. The van der Waals surface area contributed by atoms with Crippen molar-refractivity contribution >= 4 is 46.8 Å². The molecule has 0 spiro atoms. The molecule has 22 heavy (non-hydrogen) atoms. The van der Waals surface area contributed by atoms with Gasteiger partial charge in [-0.3, -0.25) is 4.79 Å². The van der Waals surface area contributed by atoms with E-state index < -0.39 is 5.97 Å². The molecule has 0 aliphatic rings. The van der Waals surface area contributed by atoms with Gasteiger partial charge in [-0.1, -0.05) is 35.3 Å². The number of carboxylic acid groups (broad SMARTS) is 1. The first-order chi connectivity index (χ1) is 10.5. The van der Waals surface area contributed by atoms with Crippen LogP contribution in [0, 0.1) is 0 Å². The summed E-state index contributed by atoms with van der Waals surface area (Å²) in [6, 6.07) is 11.2.